The number of nitrogens with one attached hydrogen (secondary N) is 1. The van der Waals surface area contributed by atoms with E-state index in [1.165, 1.54) is 5.01 Å². The van der Waals surface area contributed by atoms with Crippen LogP contribution in [0.25, 0.3) is 0 Å². The van der Waals surface area contributed by atoms with Crippen molar-refractivity contribution in [2.24, 2.45) is 12.1 Å². The Morgan fingerprint density at radius 2 is 1.87 bits per heavy atom. The number of carbonyl (C=O) groups excluding carboxylic acids is 3. The topological polar surface area (TPSA) is 106 Å². The molecule has 1 aliphatic heterocycles. The summed E-state index contributed by atoms with van der Waals surface area (Å²) in [6.45, 7) is 3.69. The fourth-order valence-electron chi connectivity index (χ4n) is 3.16. The van der Waals surface area contributed by atoms with Crippen molar-refractivity contribution in [3.63, 3.8) is 0 Å². The predicted octanol–water partition coefficient (Wildman–Crippen LogP) is 1.94. The zero-order chi connectivity index (χ0) is 21.7. The summed E-state index contributed by atoms with van der Waals surface area (Å²) in [5.41, 5.74) is 3.93. The number of benzene rings is 1. The lowest BCUT2D eigenvalue weighted by Crippen LogP contribution is -2.25. The molecular weight excluding hydrogens is 386 g/mol. The summed E-state index contributed by atoms with van der Waals surface area (Å²) in [5, 5.41) is 12.6. The molecule has 0 fully saturated rings. The summed E-state index contributed by atoms with van der Waals surface area (Å²) in [4.78, 5) is 36.3. The minimum Gasteiger partial charge on any atom is -0.456 e. The highest BCUT2D eigenvalue weighted by atomic mass is 16.5. The molecule has 1 aromatic heterocycles. The van der Waals surface area contributed by atoms with Crippen LogP contribution < -0.4 is 5.32 Å². The summed E-state index contributed by atoms with van der Waals surface area (Å²) in [6, 6.07) is 9.66. The SMILES string of the molecule is Cc1nn(C)c(C)c1NC(=O)COC(=O)CCC(=O)N1CCC(c2ccccc2)=N1. The highest BCUT2D eigenvalue weighted by Gasteiger charge is 2.22. The highest BCUT2D eigenvalue weighted by Crippen LogP contribution is 2.18. The molecule has 2 aromatic rings. The van der Waals surface area contributed by atoms with Crippen LogP contribution in [0, 0.1) is 13.8 Å². The van der Waals surface area contributed by atoms with Gasteiger partial charge in [-0.15, -0.1) is 0 Å². The van der Waals surface area contributed by atoms with Crippen LogP contribution in [-0.2, 0) is 26.2 Å². The number of ether oxygens (including phenoxy) is 1. The van der Waals surface area contributed by atoms with Gasteiger partial charge in [-0.3, -0.25) is 19.1 Å². The van der Waals surface area contributed by atoms with Crippen molar-refractivity contribution in [2.75, 3.05) is 18.5 Å². The first-order valence-corrected chi connectivity index (χ1v) is 9.74. The van der Waals surface area contributed by atoms with Gasteiger partial charge in [-0.2, -0.15) is 10.2 Å². The zero-order valence-corrected chi connectivity index (χ0v) is 17.3. The Labute approximate surface area is 174 Å². The highest BCUT2D eigenvalue weighted by molar-refractivity contribution is 6.02. The van der Waals surface area contributed by atoms with Gasteiger partial charge in [-0.25, -0.2) is 5.01 Å². The molecule has 0 saturated carbocycles. The number of amides is 2. The van der Waals surface area contributed by atoms with Gasteiger partial charge in [-0.1, -0.05) is 30.3 Å². The summed E-state index contributed by atoms with van der Waals surface area (Å²) in [5.74, 6) is -1.31. The maximum absolute atomic E-state index is 12.3. The second-order valence-electron chi connectivity index (χ2n) is 7.06. The first-order valence-electron chi connectivity index (χ1n) is 9.74. The van der Waals surface area contributed by atoms with Crippen molar-refractivity contribution in [3.8, 4) is 0 Å². The van der Waals surface area contributed by atoms with E-state index in [9.17, 15) is 14.4 Å². The molecule has 0 radical (unpaired) electrons. The average Bonchev–Trinajstić information content (AvgIpc) is 3.32. The van der Waals surface area contributed by atoms with E-state index in [1.54, 1.807) is 18.7 Å². The number of aryl methyl sites for hydroxylation is 2. The van der Waals surface area contributed by atoms with Crippen molar-refractivity contribution in [1.82, 2.24) is 14.8 Å². The largest absolute Gasteiger partial charge is 0.456 e. The quantitative estimate of drug-likeness (QED) is 0.701. The van der Waals surface area contributed by atoms with Crippen molar-refractivity contribution in [2.45, 2.75) is 33.1 Å². The monoisotopic (exact) mass is 411 g/mol. The van der Waals surface area contributed by atoms with Crippen molar-refractivity contribution in [3.05, 3.63) is 47.3 Å². The molecule has 2 amide bonds. The molecule has 0 aliphatic carbocycles. The van der Waals surface area contributed by atoms with E-state index in [0.717, 1.165) is 17.0 Å². The second kappa shape index (κ2) is 9.34. The molecule has 0 bridgehead atoms. The van der Waals surface area contributed by atoms with Gasteiger partial charge in [0.05, 0.1) is 35.8 Å². The van der Waals surface area contributed by atoms with Crippen LogP contribution in [0.1, 0.15) is 36.2 Å². The Morgan fingerprint density at radius 1 is 1.13 bits per heavy atom. The number of hydrazone groups is 1. The smallest absolute Gasteiger partial charge is 0.306 e. The number of rotatable bonds is 7. The lowest BCUT2D eigenvalue weighted by Gasteiger charge is -2.11. The maximum atomic E-state index is 12.3. The van der Waals surface area contributed by atoms with Gasteiger partial charge in [0, 0.05) is 19.9 Å². The van der Waals surface area contributed by atoms with E-state index in [0.29, 0.717) is 24.3 Å². The van der Waals surface area contributed by atoms with Crippen molar-refractivity contribution < 1.29 is 19.1 Å². The Hall–Kier alpha value is -3.49. The predicted molar refractivity (Wildman–Crippen MR) is 111 cm³/mol. The maximum Gasteiger partial charge on any atom is 0.306 e. The molecule has 1 N–H and O–H groups in total. The van der Waals surface area contributed by atoms with Crippen LogP contribution >= 0.6 is 0 Å². The number of carbonyl (C=O) groups is 3. The minimum absolute atomic E-state index is 0.0210. The molecule has 3 rings (SSSR count). The first-order chi connectivity index (χ1) is 14.3. The van der Waals surface area contributed by atoms with Crippen LogP contribution in [0.15, 0.2) is 35.4 Å². The number of aromatic nitrogens is 2. The molecule has 2 heterocycles. The van der Waals surface area contributed by atoms with E-state index in [2.05, 4.69) is 15.5 Å². The molecule has 0 spiro atoms. The number of anilines is 1. The first kappa shape index (κ1) is 21.2. The third kappa shape index (κ3) is 5.11. The van der Waals surface area contributed by atoms with E-state index in [1.807, 2.05) is 37.3 Å². The molecule has 158 valence electrons. The van der Waals surface area contributed by atoms with Gasteiger partial charge in [0.25, 0.3) is 5.91 Å². The van der Waals surface area contributed by atoms with E-state index < -0.39 is 18.5 Å². The van der Waals surface area contributed by atoms with Crippen LogP contribution in [0.3, 0.4) is 0 Å². The normalized spacial score (nSPS) is 13.2. The van der Waals surface area contributed by atoms with E-state index in [-0.39, 0.29) is 18.7 Å². The molecular formula is C21H25N5O4. The van der Waals surface area contributed by atoms with Gasteiger partial charge in [0.15, 0.2) is 6.61 Å². The standard InChI is InChI=1S/C21H25N5O4/c1-14-21(15(2)25(3)23-14)22-18(27)13-30-20(29)10-9-19(28)26-12-11-17(24-26)16-7-5-4-6-8-16/h4-8H,9-13H2,1-3H3,(H,22,27). The van der Waals surface area contributed by atoms with E-state index >= 15 is 0 Å². The summed E-state index contributed by atoms with van der Waals surface area (Å²) in [7, 11) is 1.78. The third-order valence-electron chi connectivity index (χ3n) is 4.88. The van der Waals surface area contributed by atoms with Crippen LogP contribution in [0.2, 0.25) is 0 Å². The lowest BCUT2D eigenvalue weighted by atomic mass is 10.1. The molecule has 1 aromatic carbocycles. The molecule has 0 saturated heterocycles. The fourth-order valence-corrected chi connectivity index (χ4v) is 3.16. The van der Waals surface area contributed by atoms with Gasteiger partial charge in [0.2, 0.25) is 5.91 Å². The number of nitrogens with zero attached hydrogens (tertiary/aromatic N) is 4. The molecule has 1 aliphatic rings. The molecule has 9 heteroatoms. The van der Waals surface area contributed by atoms with Crippen LogP contribution in [0.5, 0.6) is 0 Å². The van der Waals surface area contributed by atoms with Gasteiger partial charge >= 0.3 is 5.97 Å². The molecule has 0 unspecified atom stereocenters. The van der Waals surface area contributed by atoms with Crippen molar-refractivity contribution >= 4 is 29.2 Å². The summed E-state index contributed by atoms with van der Waals surface area (Å²) >= 11 is 0. The molecule has 0 atom stereocenters. The number of esters is 1. The summed E-state index contributed by atoms with van der Waals surface area (Å²) < 4.78 is 6.64. The minimum atomic E-state index is -0.607. The average molecular weight is 411 g/mol. The molecule has 30 heavy (non-hydrogen) atoms. The number of hydrogen-bond acceptors (Lipinski definition) is 6. The van der Waals surface area contributed by atoms with Gasteiger partial charge in [0.1, 0.15) is 0 Å². The Balaban J connectivity index is 1.42. The zero-order valence-electron chi connectivity index (χ0n) is 17.3. The van der Waals surface area contributed by atoms with Gasteiger partial charge in [-0.05, 0) is 19.4 Å². The Bertz CT molecular complexity index is 981. The van der Waals surface area contributed by atoms with Crippen LogP contribution in [-0.4, -0.2) is 51.4 Å². The Kier molecular flexibility index (Phi) is 6.61. The van der Waals surface area contributed by atoms with Gasteiger partial charge < -0.3 is 10.1 Å². The van der Waals surface area contributed by atoms with Crippen LogP contribution in [0.4, 0.5) is 5.69 Å². The third-order valence-corrected chi connectivity index (χ3v) is 4.88. The fraction of sp³-hybridized carbons (Fsp3) is 0.381. The Morgan fingerprint density at radius 3 is 2.53 bits per heavy atom. The second-order valence-corrected chi connectivity index (χ2v) is 7.06. The molecule has 9 nitrogen and oxygen atoms in total. The van der Waals surface area contributed by atoms with E-state index in [4.69, 9.17) is 4.74 Å². The lowest BCUT2D eigenvalue weighted by molar-refractivity contribution is -0.148. The number of hydrogen-bond donors (Lipinski definition) is 1. The summed E-state index contributed by atoms with van der Waals surface area (Å²) in [6.07, 6.45) is 0.546. The van der Waals surface area contributed by atoms with Crippen molar-refractivity contribution in [1.29, 1.82) is 0 Å².